The average molecular weight is 265 g/mol. The van der Waals surface area contributed by atoms with E-state index in [1.54, 1.807) is 6.08 Å². The van der Waals surface area contributed by atoms with Crippen molar-refractivity contribution < 1.29 is 4.21 Å². The molecule has 2 rings (SSSR count). The Labute approximate surface area is 113 Å². The van der Waals surface area contributed by atoms with Crippen LogP contribution in [0, 0.1) is 0 Å². The van der Waals surface area contributed by atoms with Gasteiger partial charge in [0, 0.05) is 5.56 Å². The summed E-state index contributed by atoms with van der Waals surface area (Å²) in [5, 5.41) is 0. The van der Waals surface area contributed by atoms with Crippen molar-refractivity contribution in [3.8, 4) is 0 Å². The SMILES string of the molecule is C=Cc1cccc2c1/C(=C\C)S(=O)N2.CC.CC. The molecule has 1 aromatic rings. The van der Waals surface area contributed by atoms with Gasteiger partial charge in [-0.2, -0.15) is 0 Å². The van der Waals surface area contributed by atoms with Crippen LogP contribution < -0.4 is 4.72 Å². The second kappa shape index (κ2) is 8.70. The van der Waals surface area contributed by atoms with Crippen molar-refractivity contribution >= 4 is 27.7 Å². The van der Waals surface area contributed by atoms with Gasteiger partial charge < -0.3 is 4.72 Å². The molecule has 1 heterocycles. The fourth-order valence-electron chi connectivity index (χ4n) is 1.60. The molecule has 1 atom stereocenters. The summed E-state index contributed by atoms with van der Waals surface area (Å²) in [5.74, 6) is 0. The largest absolute Gasteiger partial charge is 0.300 e. The van der Waals surface area contributed by atoms with E-state index in [9.17, 15) is 4.21 Å². The van der Waals surface area contributed by atoms with Crippen LogP contribution in [-0.4, -0.2) is 4.21 Å². The number of rotatable bonds is 1. The first kappa shape index (κ1) is 16.6. The zero-order valence-electron chi connectivity index (χ0n) is 11.9. The monoisotopic (exact) mass is 265 g/mol. The minimum absolute atomic E-state index is 0.843. The summed E-state index contributed by atoms with van der Waals surface area (Å²) in [5.41, 5.74) is 2.96. The van der Waals surface area contributed by atoms with E-state index in [-0.39, 0.29) is 0 Å². The molecule has 1 aliphatic rings. The summed E-state index contributed by atoms with van der Waals surface area (Å²) in [6.07, 6.45) is 3.66. The maximum Gasteiger partial charge on any atom is 0.150 e. The van der Waals surface area contributed by atoms with E-state index in [2.05, 4.69) is 11.3 Å². The van der Waals surface area contributed by atoms with Crippen LogP contribution in [0.25, 0.3) is 11.0 Å². The van der Waals surface area contributed by atoms with Crippen molar-refractivity contribution in [1.82, 2.24) is 0 Å². The highest BCUT2D eigenvalue weighted by Gasteiger charge is 2.23. The van der Waals surface area contributed by atoms with Gasteiger partial charge in [-0.15, -0.1) is 0 Å². The second-order valence-electron chi connectivity index (χ2n) is 3.00. The molecule has 18 heavy (non-hydrogen) atoms. The van der Waals surface area contributed by atoms with E-state index in [0.717, 1.165) is 21.7 Å². The average Bonchev–Trinajstić information content (AvgIpc) is 2.78. The number of hydrogen-bond donors (Lipinski definition) is 1. The van der Waals surface area contributed by atoms with Gasteiger partial charge in [-0.05, 0) is 18.6 Å². The van der Waals surface area contributed by atoms with Crippen molar-refractivity contribution in [2.45, 2.75) is 34.6 Å². The molecule has 0 bridgehead atoms. The van der Waals surface area contributed by atoms with Crippen LogP contribution in [-0.2, 0) is 11.0 Å². The quantitative estimate of drug-likeness (QED) is 0.774. The number of anilines is 1. The molecule has 0 saturated carbocycles. The Hall–Kier alpha value is -1.35. The normalized spacial score (nSPS) is 17.6. The third-order valence-corrected chi connectivity index (χ3v) is 3.47. The molecule has 0 saturated heterocycles. The van der Waals surface area contributed by atoms with Gasteiger partial charge in [0.25, 0.3) is 0 Å². The van der Waals surface area contributed by atoms with Crippen LogP contribution in [0.2, 0.25) is 0 Å². The summed E-state index contributed by atoms with van der Waals surface area (Å²) in [6.45, 7) is 13.6. The Kier molecular flexibility index (Phi) is 8.05. The molecule has 3 heteroatoms. The molecule has 1 N–H and O–H groups in total. The number of hydrogen-bond acceptors (Lipinski definition) is 1. The smallest absolute Gasteiger partial charge is 0.150 e. The third-order valence-electron chi connectivity index (χ3n) is 2.23. The summed E-state index contributed by atoms with van der Waals surface area (Å²) < 4.78 is 14.6. The number of allylic oxidation sites excluding steroid dienone is 1. The van der Waals surface area contributed by atoms with Crippen molar-refractivity contribution in [2.75, 3.05) is 4.72 Å². The minimum Gasteiger partial charge on any atom is -0.300 e. The summed E-state index contributed by atoms with van der Waals surface area (Å²) in [6, 6.07) is 5.83. The zero-order valence-corrected chi connectivity index (χ0v) is 12.7. The second-order valence-corrected chi connectivity index (χ2v) is 4.18. The van der Waals surface area contributed by atoms with Gasteiger partial charge in [0.15, 0.2) is 11.0 Å². The Morgan fingerprint density at radius 2 is 1.83 bits per heavy atom. The Morgan fingerprint density at radius 1 is 1.22 bits per heavy atom. The van der Waals surface area contributed by atoms with E-state index in [1.165, 1.54) is 0 Å². The topological polar surface area (TPSA) is 29.1 Å². The van der Waals surface area contributed by atoms with Gasteiger partial charge in [-0.1, -0.05) is 58.6 Å². The highest BCUT2D eigenvalue weighted by molar-refractivity contribution is 7.96. The third kappa shape index (κ3) is 3.33. The molecule has 1 aliphatic heterocycles. The predicted molar refractivity (Wildman–Crippen MR) is 84.6 cm³/mol. The van der Waals surface area contributed by atoms with Crippen LogP contribution in [0.15, 0.2) is 30.9 Å². The molecular weight excluding hydrogens is 242 g/mol. The molecule has 2 nitrogen and oxygen atoms in total. The fourth-order valence-corrected chi connectivity index (χ4v) is 2.71. The van der Waals surface area contributed by atoms with Gasteiger partial charge >= 0.3 is 0 Å². The summed E-state index contributed by atoms with van der Waals surface area (Å²) in [7, 11) is -1.11. The molecule has 1 aromatic carbocycles. The lowest BCUT2D eigenvalue weighted by molar-refractivity contribution is 0.692. The van der Waals surface area contributed by atoms with Gasteiger partial charge in [0.05, 0.1) is 10.6 Å². The van der Waals surface area contributed by atoms with Crippen LogP contribution >= 0.6 is 0 Å². The minimum atomic E-state index is -1.11. The molecule has 0 spiro atoms. The van der Waals surface area contributed by atoms with Gasteiger partial charge in [0.2, 0.25) is 0 Å². The van der Waals surface area contributed by atoms with Crippen molar-refractivity contribution in [3.05, 3.63) is 42.0 Å². The van der Waals surface area contributed by atoms with E-state index in [0.29, 0.717) is 0 Å². The van der Waals surface area contributed by atoms with Gasteiger partial charge in [-0.3, -0.25) is 0 Å². The number of nitrogens with one attached hydrogen (secondary N) is 1. The maximum atomic E-state index is 11.6. The lowest BCUT2D eigenvalue weighted by Gasteiger charge is -2.01. The molecular formula is C15H23NOS. The zero-order chi connectivity index (χ0) is 14.1. The van der Waals surface area contributed by atoms with Gasteiger partial charge in [-0.25, -0.2) is 4.21 Å². The summed E-state index contributed by atoms with van der Waals surface area (Å²) >= 11 is 0. The van der Waals surface area contributed by atoms with E-state index in [1.807, 2.05) is 58.9 Å². The highest BCUT2D eigenvalue weighted by atomic mass is 32.2. The van der Waals surface area contributed by atoms with Crippen molar-refractivity contribution in [2.24, 2.45) is 0 Å². The lowest BCUT2D eigenvalue weighted by Crippen LogP contribution is -1.94. The Balaban J connectivity index is 0.000000659. The van der Waals surface area contributed by atoms with Gasteiger partial charge in [0.1, 0.15) is 0 Å². The van der Waals surface area contributed by atoms with Crippen LogP contribution in [0.5, 0.6) is 0 Å². The molecule has 0 fully saturated rings. The lowest BCUT2D eigenvalue weighted by atomic mass is 10.1. The predicted octanol–water partition coefficient (Wildman–Crippen LogP) is 4.83. The van der Waals surface area contributed by atoms with Crippen LogP contribution in [0.3, 0.4) is 0 Å². The Bertz CT molecular complexity index is 450. The molecule has 100 valence electrons. The molecule has 0 aromatic heterocycles. The molecule has 0 radical (unpaired) electrons. The van der Waals surface area contributed by atoms with E-state index in [4.69, 9.17) is 0 Å². The van der Waals surface area contributed by atoms with Crippen molar-refractivity contribution in [3.63, 3.8) is 0 Å². The van der Waals surface area contributed by atoms with Crippen molar-refractivity contribution in [1.29, 1.82) is 0 Å². The maximum absolute atomic E-state index is 11.6. The van der Waals surface area contributed by atoms with Crippen LogP contribution in [0.1, 0.15) is 45.7 Å². The van der Waals surface area contributed by atoms with E-state index >= 15 is 0 Å². The van der Waals surface area contributed by atoms with E-state index < -0.39 is 11.0 Å². The molecule has 0 amide bonds. The Morgan fingerprint density at radius 3 is 2.33 bits per heavy atom. The fraction of sp³-hybridized carbons (Fsp3) is 0.333. The summed E-state index contributed by atoms with van der Waals surface area (Å²) in [4.78, 5) is 0.843. The van der Waals surface area contributed by atoms with Crippen LogP contribution in [0.4, 0.5) is 5.69 Å². The first-order valence-corrected chi connectivity index (χ1v) is 7.53. The number of benzene rings is 1. The first-order valence-electron chi connectivity index (χ1n) is 6.38. The standard InChI is InChI=1S/C11H11NOS.2C2H6/c1-3-8-6-5-7-9-11(8)10(4-2)14(13)12-9;2*1-2/h3-7,12H,1H2,2H3;2*1-2H3/b10-4+;;. The number of fused-ring (bicyclic) bond motifs is 1. The molecule has 0 aliphatic carbocycles. The molecule has 1 unspecified atom stereocenters. The highest BCUT2D eigenvalue weighted by Crippen LogP contribution is 2.36. The first-order chi connectivity index (χ1) is 8.77.